The van der Waals surface area contributed by atoms with Crippen LogP contribution >= 0.6 is 0 Å². The van der Waals surface area contributed by atoms with Gasteiger partial charge in [0.2, 0.25) is 0 Å². The van der Waals surface area contributed by atoms with Gasteiger partial charge in [-0.3, -0.25) is 9.79 Å². The van der Waals surface area contributed by atoms with E-state index in [4.69, 9.17) is 0 Å². The Balaban J connectivity index is 1.43. The highest BCUT2D eigenvalue weighted by Crippen LogP contribution is 2.36. The molecule has 2 aromatic rings. The van der Waals surface area contributed by atoms with Crippen LogP contribution in [0, 0.1) is 6.92 Å². The molecule has 3 aliphatic rings. The summed E-state index contributed by atoms with van der Waals surface area (Å²) < 4.78 is 14.5. The second-order valence-corrected chi connectivity index (χ2v) is 9.17. The number of fused-ring (bicyclic) bond motifs is 1. The molecule has 0 unspecified atom stereocenters. The van der Waals surface area contributed by atoms with Gasteiger partial charge in [-0.05, 0) is 31.7 Å². The number of aromatic nitrogens is 2. The Kier molecular flexibility index (Phi) is 5.84. The highest BCUT2D eigenvalue weighted by atomic mass is 19.1. The van der Waals surface area contributed by atoms with Crippen molar-refractivity contribution in [1.82, 2.24) is 14.9 Å². The van der Waals surface area contributed by atoms with Gasteiger partial charge < -0.3 is 20.4 Å². The van der Waals surface area contributed by atoms with Crippen LogP contribution in [0.15, 0.2) is 35.6 Å². The second-order valence-electron chi connectivity index (χ2n) is 9.17. The molecule has 0 radical (unpaired) electrons. The van der Waals surface area contributed by atoms with Crippen LogP contribution in [0.3, 0.4) is 0 Å². The summed E-state index contributed by atoms with van der Waals surface area (Å²) in [4.78, 5) is 28.3. The summed E-state index contributed by atoms with van der Waals surface area (Å²) in [6.07, 6.45) is 0.794. The topological polar surface area (TPSA) is 111 Å². The van der Waals surface area contributed by atoms with Gasteiger partial charge in [-0.1, -0.05) is 29.8 Å². The predicted octanol–water partition coefficient (Wildman–Crippen LogP) is 2.09. The van der Waals surface area contributed by atoms with Crippen LogP contribution in [0.5, 0.6) is 0 Å². The van der Waals surface area contributed by atoms with Crippen molar-refractivity contribution in [3.63, 3.8) is 0 Å². The van der Waals surface area contributed by atoms with E-state index in [0.717, 1.165) is 17.5 Å². The Hall–Kier alpha value is -2.91. The van der Waals surface area contributed by atoms with E-state index in [1.54, 1.807) is 4.90 Å². The lowest BCUT2D eigenvalue weighted by molar-refractivity contribution is -0.125. The number of likely N-dealkylation sites (tertiary alicyclic amines) is 1. The normalized spacial score (nSPS) is 29.0. The minimum Gasteiger partial charge on any atom is -0.390 e. The minimum atomic E-state index is -1.11. The van der Waals surface area contributed by atoms with Crippen molar-refractivity contribution in [3.8, 4) is 0 Å². The second kappa shape index (κ2) is 8.79. The van der Waals surface area contributed by atoms with Crippen LogP contribution in [0.2, 0.25) is 0 Å². The maximum Gasteiger partial charge on any atom is 0.273 e. The molecule has 3 heterocycles. The van der Waals surface area contributed by atoms with E-state index in [2.05, 4.69) is 20.3 Å². The van der Waals surface area contributed by atoms with Crippen molar-refractivity contribution in [3.05, 3.63) is 53.0 Å². The van der Waals surface area contributed by atoms with Crippen LogP contribution in [-0.4, -0.2) is 67.7 Å². The number of carbonyl (C=O) groups is 1. The number of nitrogens with zero attached hydrogens (tertiary/aromatic N) is 4. The number of hydrogen-bond acceptors (Lipinski definition) is 7. The molecule has 9 heteroatoms. The van der Waals surface area contributed by atoms with Gasteiger partial charge in [0.25, 0.3) is 5.91 Å². The minimum absolute atomic E-state index is 0.00970. The lowest BCUT2D eigenvalue weighted by Gasteiger charge is -2.33. The zero-order valence-electron chi connectivity index (χ0n) is 18.5. The number of amides is 1. The fourth-order valence-electron chi connectivity index (χ4n) is 5.14. The van der Waals surface area contributed by atoms with Crippen LogP contribution in [-0.2, 0) is 11.3 Å². The standard InChI is InChI=1S/C24H28FN5O3/c1-13-4-2-5-14(8-13)18-9-15(25)11-30(18)24(33)21-20-17(10-26-21)27-12-28-23(20)29-16-6-3-7-19(31)22(16)32/h2,4-5,8,12,15-16,18-19,22,31-32H,3,6-7,9-11H2,1H3,(H,27,28,29)/t15-,16+,18+,19+,22-/m0/s1. The third-order valence-electron chi connectivity index (χ3n) is 6.83. The van der Waals surface area contributed by atoms with E-state index in [-0.39, 0.29) is 37.2 Å². The number of hydrogen-bond donors (Lipinski definition) is 3. The van der Waals surface area contributed by atoms with Gasteiger partial charge in [-0.15, -0.1) is 0 Å². The molecule has 1 saturated carbocycles. The van der Waals surface area contributed by atoms with Crippen molar-refractivity contribution >= 4 is 17.4 Å². The van der Waals surface area contributed by atoms with Crippen LogP contribution in [0.4, 0.5) is 10.2 Å². The molecule has 5 rings (SSSR count). The van der Waals surface area contributed by atoms with E-state index in [0.29, 0.717) is 29.9 Å². The van der Waals surface area contributed by atoms with Gasteiger partial charge in [0.15, 0.2) is 0 Å². The number of benzene rings is 1. The molecule has 1 saturated heterocycles. The number of anilines is 1. The predicted molar refractivity (Wildman–Crippen MR) is 121 cm³/mol. The first-order valence-corrected chi connectivity index (χ1v) is 11.5. The maximum absolute atomic E-state index is 14.5. The summed E-state index contributed by atoms with van der Waals surface area (Å²) in [5, 5.41) is 23.7. The molecule has 0 bridgehead atoms. The van der Waals surface area contributed by atoms with Gasteiger partial charge in [0, 0.05) is 6.42 Å². The monoisotopic (exact) mass is 453 g/mol. The number of nitrogens with one attached hydrogen (secondary N) is 1. The average Bonchev–Trinajstić information content (AvgIpc) is 3.41. The van der Waals surface area contributed by atoms with Crippen LogP contribution in [0.25, 0.3) is 0 Å². The molecule has 174 valence electrons. The summed E-state index contributed by atoms with van der Waals surface area (Å²) in [6, 6.07) is 7.04. The fraction of sp³-hybridized carbons (Fsp3) is 0.500. The number of aliphatic hydroxyl groups excluding tert-OH is 2. The highest BCUT2D eigenvalue weighted by molar-refractivity contribution is 6.47. The zero-order valence-corrected chi connectivity index (χ0v) is 18.5. The summed E-state index contributed by atoms with van der Waals surface area (Å²) in [6.45, 7) is 2.22. The molecule has 1 aromatic heterocycles. The van der Waals surface area contributed by atoms with Gasteiger partial charge in [0.1, 0.15) is 24.0 Å². The molecular formula is C24H28FN5O3. The Morgan fingerprint density at radius 1 is 1.24 bits per heavy atom. The number of halogens is 1. The number of rotatable bonds is 4. The first-order chi connectivity index (χ1) is 15.9. The summed E-state index contributed by atoms with van der Waals surface area (Å²) in [7, 11) is 0. The first-order valence-electron chi connectivity index (χ1n) is 11.5. The molecule has 3 N–H and O–H groups in total. The van der Waals surface area contributed by atoms with E-state index >= 15 is 0 Å². The largest absolute Gasteiger partial charge is 0.390 e. The number of carbonyl (C=O) groups excluding carboxylic acids is 1. The number of aliphatic imine (C=N–C) groups is 1. The molecular weight excluding hydrogens is 425 g/mol. The lowest BCUT2D eigenvalue weighted by atomic mass is 9.90. The van der Waals surface area contributed by atoms with Gasteiger partial charge in [-0.2, -0.15) is 0 Å². The first kappa shape index (κ1) is 21.9. The highest BCUT2D eigenvalue weighted by Gasteiger charge is 2.41. The molecule has 33 heavy (non-hydrogen) atoms. The zero-order chi connectivity index (χ0) is 23.1. The molecule has 2 fully saturated rings. The average molecular weight is 454 g/mol. The van der Waals surface area contributed by atoms with Crippen molar-refractivity contribution in [2.45, 2.75) is 69.6 Å². The molecule has 1 amide bonds. The van der Waals surface area contributed by atoms with Crippen LogP contribution in [0.1, 0.15) is 54.1 Å². The number of alkyl halides is 1. The Bertz CT molecular complexity index is 1090. The van der Waals surface area contributed by atoms with Gasteiger partial charge in [-0.25, -0.2) is 14.4 Å². The SMILES string of the molecule is Cc1cccc([C@H]2C[C@H](F)CN2C(=O)C2=NCc3ncnc(N[C@@H]4CCC[C@@H](O)[C@H]4O)c32)c1. The summed E-state index contributed by atoms with van der Waals surface area (Å²) >= 11 is 0. The maximum atomic E-state index is 14.5. The van der Waals surface area contributed by atoms with Crippen molar-refractivity contribution < 1.29 is 19.4 Å². The lowest BCUT2D eigenvalue weighted by Crippen LogP contribution is -2.46. The summed E-state index contributed by atoms with van der Waals surface area (Å²) in [5.74, 6) is 0.0633. The number of aliphatic hydroxyl groups is 2. The van der Waals surface area contributed by atoms with E-state index in [1.807, 2.05) is 31.2 Å². The van der Waals surface area contributed by atoms with Crippen molar-refractivity contribution in [1.29, 1.82) is 0 Å². The molecule has 5 atom stereocenters. The Morgan fingerprint density at radius 3 is 2.91 bits per heavy atom. The van der Waals surface area contributed by atoms with E-state index in [1.165, 1.54) is 6.33 Å². The van der Waals surface area contributed by atoms with Crippen molar-refractivity contribution in [2.75, 3.05) is 11.9 Å². The fourth-order valence-corrected chi connectivity index (χ4v) is 5.14. The van der Waals surface area contributed by atoms with Crippen molar-refractivity contribution in [2.24, 2.45) is 4.99 Å². The summed E-state index contributed by atoms with van der Waals surface area (Å²) in [5.41, 5.74) is 3.29. The van der Waals surface area contributed by atoms with Gasteiger partial charge in [0.05, 0.1) is 48.6 Å². The molecule has 8 nitrogen and oxygen atoms in total. The molecule has 2 aliphatic heterocycles. The smallest absolute Gasteiger partial charge is 0.273 e. The number of aryl methyl sites for hydroxylation is 1. The third kappa shape index (κ3) is 4.11. The van der Waals surface area contributed by atoms with Gasteiger partial charge >= 0.3 is 0 Å². The third-order valence-corrected chi connectivity index (χ3v) is 6.83. The van der Waals surface area contributed by atoms with E-state index in [9.17, 15) is 19.4 Å². The molecule has 1 aromatic carbocycles. The Labute approximate surface area is 191 Å². The quantitative estimate of drug-likeness (QED) is 0.654. The van der Waals surface area contributed by atoms with Crippen LogP contribution < -0.4 is 5.32 Å². The molecule has 0 spiro atoms. The van der Waals surface area contributed by atoms with E-state index < -0.39 is 24.4 Å². The molecule has 1 aliphatic carbocycles. The Morgan fingerprint density at radius 2 is 2.09 bits per heavy atom.